The molecule has 0 aliphatic heterocycles. The van der Waals surface area contributed by atoms with E-state index in [9.17, 15) is 4.79 Å². The molecule has 2 aromatic rings. The first-order chi connectivity index (χ1) is 10.1. The van der Waals surface area contributed by atoms with Gasteiger partial charge < -0.3 is 10.2 Å². The van der Waals surface area contributed by atoms with Crippen molar-refractivity contribution in [1.29, 1.82) is 0 Å². The Bertz CT molecular complexity index is 629. The lowest BCUT2D eigenvalue weighted by Gasteiger charge is -2.12. The summed E-state index contributed by atoms with van der Waals surface area (Å²) in [5, 5.41) is 15.0. The van der Waals surface area contributed by atoms with Crippen LogP contribution >= 0.6 is 0 Å². The topological polar surface area (TPSA) is 75.9 Å². The Morgan fingerprint density at radius 2 is 2.05 bits per heavy atom. The molecule has 1 heterocycles. The summed E-state index contributed by atoms with van der Waals surface area (Å²) >= 11 is 0. The summed E-state index contributed by atoms with van der Waals surface area (Å²) in [6.45, 7) is 0.284. The first kappa shape index (κ1) is 13.5. The number of hydrogen-bond acceptors (Lipinski definition) is 5. The lowest BCUT2D eigenvalue weighted by atomic mass is 10.2. The van der Waals surface area contributed by atoms with Crippen molar-refractivity contribution in [2.45, 2.75) is 18.9 Å². The number of rotatable bonds is 5. The highest BCUT2D eigenvalue weighted by Gasteiger charge is 2.28. The van der Waals surface area contributed by atoms with Gasteiger partial charge in [0.25, 0.3) is 0 Å². The van der Waals surface area contributed by atoms with Crippen molar-refractivity contribution in [2.24, 2.45) is 0 Å². The van der Waals surface area contributed by atoms with E-state index in [1.807, 2.05) is 28.9 Å². The van der Waals surface area contributed by atoms with Crippen LogP contribution in [0, 0.1) is 0 Å². The predicted octanol–water partition coefficient (Wildman–Crippen LogP) is 1.18. The molecule has 1 aromatic heterocycles. The summed E-state index contributed by atoms with van der Waals surface area (Å²) < 4.78 is 1.89. The largest absolute Gasteiger partial charge is 0.376 e. The Hall–Kier alpha value is -2.44. The van der Waals surface area contributed by atoms with E-state index in [1.54, 1.807) is 19.0 Å². The van der Waals surface area contributed by atoms with E-state index in [-0.39, 0.29) is 12.5 Å². The number of aromatic nitrogens is 4. The van der Waals surface area contributed by atoms with Crippen LogP contribution in [0.15, 0.2) is 24.3 Å². The third-order valence-electron chi connectivity index (χ3n) is 3.47. The lowest BCUT2D eigenvalue weighted by molar-refractivity contribution is -0.126. The predicted molar refractivity (Wildman–Crippen MR) is 78.7 cm³/mol. The van der Waals surface area contributed by atoms with Crippen molar-refractivity contribution in [3.63, 3.8) is 0 Å². The van der Waals surface area contributed by atoms with Crippen molar-refractivity contribution in [2.75, 3.05) is 26.0 Å². The van der Waals surface area contributed by atoms with Gasteiger partial charge in [-0.05, 0) is 47.5 Å². The van der Waals surface area contributed by atoms with Gasteiger partial charge in [0.05, 0.1) is 12.6 Å². The molecule has 0 atom stereocenters. The van der Waals surface area contributed by atoms with Crippen molar-refractivity contribution >= 4 is 11.6 Å². The molecule has 1 N–H and O–H groups in total. The van der Waals surface area contributed by atoms with Gasteiger partial charge in [0.1, 0.15) is 0 Å². The molecule has 0 radical (unpaired) electrons. The SMILES string of the molecule is CN(C)C(=O)CNc1ccc(-c2nnnn2C2CC2)cc1. The molecule has 0 unspecified atom stereocenters. The first-order valence-corrected chi connectivity index (χ1v) is 6.97. The highest BCUT2D eigenvalue weighted by Crippen LogP contribution is 2.36. The van der Waals surface area contributed by atoms with E-state index in [4.69, 9.17) is 0 Å². The Labute approximate surface area is 122 Å². The summed E-state index contributed by atoms with van der Waals surface area (Å²) in [7, 11) is 3.48. The molecule has 0 spiro atoms. The molecule has 1 aliphatic rings. The number of nitrogens with one attached hydrogen (secondary N) is 1. The molecule has 1 fully saturated rings. The molecule has 1 aliphatic carbocycles. The van der Waals surface area contributed by atoms with E-state index in [0.717, 1.165) is 29.9 Å². The van der Waals surface area contributed by atoms with Gasteiger partial charge in [-0.2, -0.15) is 0 Å². The standard InChI is InChI=1S/C14H18N6O/c1-19(2)13(21)9-15-11-5-3-10(4-6-11)14-16-17-18-20(14)12-7-8-12/h3-6,12,15H,7-9H2,1-2H3. The number of likely N-dealkylation sites (N-methyl/N-ethyl adjacent to an activating group) is 1. The van der Waals surface area contributed by atoms with Gasteiger partial charge in [-0.25, -0.2) is 4.68 Å². The third-order valence-corrected chi connectivity index (χ3v) is 3.47. The van der Waals surface area contributed by atoms with Gasteiger partial charge >= 0.3 is 0 Å². The highest BCUT2D eigenvalue weighted by atomic mass is 16.2. The first-order valence-electron chi connectivity index (χ1n) is 6.97. The van der Waals surface area contributed by atoms with Crippen molar-refractivity contribution in [3.05, 3.63) is 24.3 Å². The average Bonchev–Trinajstić information content (AvgIpc) is 3.22. The van der Waals surface area contributed by atoms with Gasteiger partial charge in [0.2, 0.25) is 5.91 Å². The monoisotopic (exact) mass is 286 g/mol. The van der Waals surface area contributed by atoms with Gasteiger partial charge in [0, 0.05) is 25.3 Å². The fourth-order valence-corrected chi connectivity index (χ4v) is 2.02. The second-order valence-electron chi connectivity index (χ2n) is 5.40. The van der Waals surface area contributed by atoms with Crippen LogP contribution in [0.3, 0.4) is 0 Å². The Balaban J connectivity index is 1.69. The third kappa shape index (κ3) is 3.01. The van der Waals surface area contributed by atoms with Gasteiger partial charge in [-0.1, -0.05) is 0 Å². The van der Waals surface area contributed by atoms with E-state index in [1.165, 1.54) is 0 Å². The summed E-state index contributed by atoms with van der Waals surface area (Å²) in [6.07, 6.45) is 2.29. The Kier molecular flexibility index (Phi) is 3.55. The van der Waals surface area contributed by atoms with Crippen LogP contribution in [0.4, 0.5) is 5.69 Å². The fraction of sp³-hybridized carbons (Fsp3) is 0.429. The molecular formula is C14H18N6O. The zero-order valence-corrected chi connectivity index (χ0v) is 12.2. The maximum atomic E-state index is 11.5. The fourth-order valence-electron chi connectivity index (χ4n) is 2.02. The van der Waals surface area contributed by atoms with Crippen LogP contribution in [-0.2, 0) is 4.79 Å². The summed E-state index contributed by atoms with van der Waals surface area (Å²) in [5.41, 5.74) is 1.88. The van der Waals surface area contributed by atoms with E-state index in [2.05, 4.69) is 20.8 Å². The number of carbonyl (C=O) groups excluding carboxylic acids is 1. The molecule has 0 saturated heterocycles. The number of benzene rings is 1. The van der Waals surface area contributed by atoms with Crippen LogP contribution in [0.2, 0.25) is 0 Å². The van der Waals surface area contributed by atoms with Crippen molar-refractivity contribution in [3.8, 4) is 11.4 Å². The van der Waals surface area contributed by atoms with Crippen molar-refractivity contribution < 1.29 is 4.79 Å². The number of tetrazole rings is 1. The van der Waals surface area contributed by atoms with Crippen LogP contribution in [-0.4, -0.2) is 51.7 Å². The lowest BCUT2D eigenvalue weighted by Crippen LogP contribution is -2.28. The maximum Gasteiger partial charge on any atom is 0.241 e. The smallest absolute Gasteiger partial charge is 0.241 e. The number of nitrogens with zero attached hydrogens (tertiary/aromatic N) is 5. The molecular weight excluding hydrogens is 268 g/mol. The number of hydrogen-bond donors (Lipinski definition) is 1. The van der Waals surface area contributed by atoms with Crippen LogP contribution < -0.4 is 5.32 Å². The molecule has 0 bridgehead atoms. The van der Waals surface area contributed by atoms with E-state index < -0.39 is 0 Å². The summed E-state index contributed by atoms with van der Waals surface area (Å²) in [6, 6.07) is 8.25. The second-order valence-corrected chi connectivity index (χ2v) is 5.40. The normalized spacial score (nSPS) is 14.0. The molecule has 21 heavy (non-hydrogen) atoms. The molecule has 7 heteroatoms. The number of carbonyl (C=O) groups is 1. The molecule has 3 rings (SSSR count). The quantitative estimate of drug-likeness (QED) is 0.893. The molecule has 110 valence electrons. The zero-order chi connectivity index (χ0) is 14.8. The van der Waals surface area contributed by atoms with E-state index in [0.29, 0.717) is 6.04 Å². The molecule has 1 saturated carbocycles. The number of anilines is 1. The van der Waals surface area contributed by atoms with Crippen molar-refractivity contribution in [1.82, 2.24) is 25.1 Å². The van der Waals surface area contributed by atoms with Crippen LogP contribution in [0.1, 0.15) is 18.9 Å². The Morgan fingerprint density at radius 1 is 1.33 bits per heavy atom. The number of amides is 1. The second kappa shape index (κ2) is 5.51. The highest BCUT2D eigenvalue weighted by molar-refractivity contribution is 5.80. The molecule has 1 amide bonds. The van der Waals surface area contributed by atoms with Crippen LogP contribution in [0.25, 0.3) is 11.4 Å². The summed E-state index contributed by atoms with van der Waals surface area (Å²) in [5.74, 6) is 0.838. The summed E-state index contributed by atoms with van der Waals surface area (Å²) in [4.78, 5) is 13.1. The average molecular weight is 286 g/mol. The van der Waals surface area contributed by atoms with Gasteiger partial charge in [-0.3, -0.25) is 4.79 Å². The molecule has 1 aromatic carbocycles. The van der Waals surface area contributed by atoms with E-state index >= 15 is 0 Å². The van der Waals surface area contributed by atoms with Crippen LogP contribution in [0.5, 0.6) is 0 Å². The minimum Gasteiger partial charge on any atom is -0.376 e. The molecule has 7 nitrogen and oxygen atoms in total. The minimum atomic E-state index is 0.0387. The minimum absolute atomic E-state index is 0.0387. The zero-order valence-electron chi connectivity index (χ0n) is 12.2. The van der Waals surface area contributed by atoms with Gasteiger partial charge in [-0.15, -0.1) is 5.10 Å². The Morgan fingerprint density at radius 3 is 2.67 bits per heavy atom. The van der Waals surface area contributed by atoms with Gasteiger partial charge in [0.15, 0.2) is 5.82 Å². The maximum absolute atomic E-state index is 11.5.